The summed E-state index contributed by atoms with van der Waals surface area (Å²) in [6.45, 7) is 8.11. The van der Waals surface area contributed by atoms with Crippen LogP contribution in [0, 0.1) is 6.92 Å². The fraction of sp³-hybridized carbons (Fsp3) is 0.750. The molecule has 0 fully saturated rings. The van der Waals surface area contributed by atoms with E-state index in [1.165, 1.54) is 49.0 Å². The van der Waals surface area contributed by atoms with Gasteiger partial charge in [0.2, 0.25) is 0 Å². The van der Waals surface area contributed by atoms with Crippen LogP contribution in [0.3, 0.4) is 0 Å². The van der Waals surface area contributed by atoms with Crippen LogP contribution in [-0.4, -0.2) is 19.8 Å². The molecule has 110 valence electrons. The van der Waals surface area contributed by atoms with Gasteiger partial charge in [-0.2, -0.15) is 0 Å². The van der Waals surface area contributed by atoms with Crippen molar-refractivity contribution in [2.24, 2.45) is 0 Å². The third kappa shape index (κ3) is 8.40. The smallest absolute Gasteiger partial charge is 0.0591 e. The van der Waals surface area contributed by atoms with Gasteiger partial charge in [0.1, 0.15) is 0 Å². The molecule has 0 unspecified atom stereocenters. The minimum Gasteiger partial charge on any atom is -0.380 e. The van der Waals surface area contributed by atoms with Crippen molar-refractivity contribution in [3.8, 4) is 0 Å². The molecule has 1 heterocycles. The maximum atomic E-state index is 5.63. The second-order valence-corrected chi connectivity index (χ2v) is 6.08. The van der Waals surface area contributed by atoms with Gasteiger partial charge in [-0.1, -0.05) is 39.0 Å². The van der Waals surface area contributed by atoms with Crippen molar-refractivity contribution >= 4 is 11.3 Å². The third-order valence-electron chi connectivity index (χ3n) is 3.32. The highest BCUT2D eigenvalue weighted by Gasteiger charge is 1.98. The minimum atomic E-state index is 0.833. The van der Waals surface area contributed by atoms with Gasteiger partial charge in [0, 0.05) is 24.6 Å². The van der Waals surface area contributed by atoms with Gasteiger partial charge in [-0.25, -0.2) is 0 Å². The Morgan fingerprint density at radius 3 is 2.63 bits per heavy atom. The van der Waals surface area contributed by atoms with Crippen LogP contribution in [0.4, 0.5) is 0 Å². The highest BCUT2D eigenvalue weighted by atomic mass is 32.1. The molecular formula is C16H29NOS. The van der Waals surface area contributed by atoms with Crippen LogP contribution in [0.5, 0.6) is 0 Å². The first-order valence-electron chi connectivity index (χ1n) is 7.66. The molecule has 0 atom stereocenters. The molecule has 1 aromatic heterocycles. The van der Waals surface area contributed by atoms with Crippen LogP contribution in [0.25, 0.3) is 0 Å². The van der Waals surface area contributed by atoms with E-state index in [-0.39, 0.29) is 0 Å². The number of hydrogen-bond acceptors (Lipinski definition) is 3. The zero-order chi connectivity index (χ0) is 13.8. The summed E-state index contributed by atoms with van der Waals surface area (Å²) in [7, 11) is 0. The van der Waals surface area contributed by atoms with Crippen molar-refractivity contribution in [2.45, 2.75) is 58.9 Å². The lowest BCUT2D eigenvalue weighted by Crippen LogP contribution is -2.19. The summed E-state index contributed by atoms with van der Waals surface area (Å²) in [6.07, 6.45) is 8.00. The van der Waals surface area contributed by atoms with E-state index in [0.717, 1.165) is 26.3 Å². The molecule has 0 spiro atoms. The zero-order valence-corrected chi connectivity index (χ0v) is 13.4. The van der Waals surface area contributed by atoms with Crippen LogP contribution in [0.1, 0.15) is 55.9 Å². The summed E-state index contributed by atoms with van der Waals surface area (Å²) < 4.78 is 5.63. The summed E-state index contributed by atoms with van der Waals surface area (Å²) in [5.41, 5.74) is 1.39. The molecule has 1 aromatic rings. The lowest BCUT2D eigenvalue weighted by atomic mass is 10.1. The summed E-state index contributed by atoms with van der Waals surface area (Å²) in [5.74, 6) is 0. The predicted octanol–water partition coefficient (Wildman–Crippen LogP) is 4.52. The van der Waals surface area contributed by atoms with Gasteiger partial charge in [0.15, 0.2) is 0 Å². The van der Waals surface area contributed by atoms with Crippen molar-refractivity contribution < 1.29 is 4.74 Å². The Morgan fingerprint density at radius 1 is 1.11 bits per heavy atom. The van der Waals surface area contributed by atoms with Crippen molar-refractivity contribution in [3.63, 3.8) is 0 Å². The molecule has 19 heavy (non-hydrogen) atoms. The number of rotatable bonds is 12. The molecule has 1 rings (SSSR count). The molecular weight excluding hydrogens is 254 g/mol. The summed E-state index contributed by atoms with van der Waals surface area (Å²) in [6, 6.07) is 2.18. The van der Waals surface area contributed by atoms with Gasteiger partial charge < -0.3 is 10.1 Å². The van der Waals surface area contributed by atoms with Gasteiger partial charge in [0.05, 0.1) is 6.61 Å². The number of thiophene rings is 1. The molecule has 0 radical (unpaired) electrons. The van der Waals surface area contributed by atoms with E-state index in [2.05, 4.69) is 30.6 Å². The topological polar surface area (TPSA) is 21.3 Å². The van der Waals surface area contributed by atoms with Crippen LogP contribution < -0.4 is 5.32 Å². The molecule has 1 N–H and O–H groups in total. The van der Waals surface area contributed by atoms with E-state index in [1.54, 1.807) is 0 Å². The van der Waals surface area contributed by atoms with E-state index in [4.69, 9.17) is 4.74 Å². The number of unbranched alkanes of at least 4 members (excludes halogenated alkanes) is 5. The van der Waals surface area contributed by atoms with Gasteiger partial charge >= 0.3 is 0 Å². The van der Waals surface area contributed by atoms with E-state index < -0.39 is 0 Å². The first kappa shape index (κ1) is 16.7. The maximum absolute atomic E-state index is 5.63. The Labute approximate surface area is 122 Å². The normalized spacial score (nSPS) is 11.1. The highest BCUT2D eigenvalue weighted by molar-refractivity contribution is 7.10. The van der Waals surface area contributed by atoms with Gasteiger partial charge in [-0.05, 0) is 30.4 Å². The number of nitrogens with one attached hydrogen (secondary N) is 1. The Kier molecular flexibility index (Phi) is 10.0. The Morgan fingerprint density at radius 2 is 1.89 bits per heavy atom. The standard InChI is InChI=1S/C16H29NOS/c1-3-4-5-6-7-8-11-18-12-10-17-14-16-15(2)9-13-19-16/h9,13,17H,3-8,10-12,14H2,1-2H3. The quantitative estimate of drug-likeness (QED) is 0.569. The predicted molar refractivity (Wildman–Crippen MR) is 85.0 cm³/mol. The van der Waals surface area contributed by atoms with Crippen LogP contribution in [0.2, 0.25) is 0 Å². The summed E-state index contributed by atoms with van der Waals surface area (Å²) >= 11 is 1.83. The Bertz CT molecular complexity index is 311. The first-order valence-corrected chi connectivity index (χ1v) is 8.54. The van der Waals surface area contributed by atoms with Crippen molar-refractivity contribution in [3.05, 3.63) is 21.9 Å². The second-order valence-electron chi connectivity index (χ2n) is 5.08. The minimum absolute atomic E-state index is 0.833. The number of aryl methyl sites for hydroxylation is 1. The largest absolute Gasteiger partial charge is 0.380 e. The molecule has 0 aliphatic carbocycles. The lowest BCUT2D eigenvalue weighted by Gasteiger charge is -2.06. The Balaban J connectivity index is 1.80. The average molecular weight is 283 g/mol. The van der Waals surface area contributed by atoms with Crippen molar-refractivity contribution in [1.82, 2.24) is 5.32 Å². The molecule has 0 saturated heterocycles. The second kappa shape index (κ2) is 11.4. The zero-order valence-electron chi connectivity index (χ0n) is 12.5. The maximum Gasteiger partial charge on any atom is 0.0591 e. The molecule has 0 saturated carbocycles. The van der Waals surface area contributed by atoms with Crippen LogP contribution >= 0.6 is 11.3 Å². The van der Waals surface area contributed by atoms with Crippen molar-refractivity contribution in [1.29, 1.82) is 0 Å². The third-order valence-corrected chi connectivity index (χ3v) is 4.34. The van der Waals surface area contributed by atoms with Gasteiger partial charge in [-0.15, -0.1) is 11.3 Å². The number of ether oxygens (including phenoxy) is 1. The van der Waals surface area contributed by atoms with E-state index in [0.29, 0.717) is 0 Å². The highest BCUT2D eigenvalue weighted by Crippen LogP contribution is 2.14. The van der Waals surface area contributed by atoms with E-state index >= 15 is 0 Å². The van der Waals surface area contributed by atoms with E-state index in [9.17, 15) is 0 Å². The van der Waals surface area contributed by atoms with Crippen LogP contribution in [-0.2, 0) is 11.3 Å². The van der Waals surface area contributed by atoms with Gasteiger partial charge in [0.25, 0.3) is 0 Å². The molecule has 0 bridgehead atoms. The number of hydrogen-bond donors (Lipinski definition) is 1. The van der Waals surface area contributed by atoms with Crippen molar-refractivity contribution in [2.75, 3.05) is 19.8 Å². The van der Waals surface area contributed by atoms with E-state index in [1.807, 2.05) is 11.3 Å². The fourth-order valence-electron chi connectivity index (χ4n) is 2.02. The molecule has 0 aliphatic heterocycles. The molecule has 0 amide bonds. The summed E-state index contributed by atoms with van der Waals surface area (Å²) in [5, 5.41) is 5.59. The molecule has 0 aromatic carbocycles. The van der Waals surface area contributed by atoms with Gasteiger partial charge in [-0.3, -0.25) is 0 Å². The van der Waals surface area contributed by atoms with Crippen LogP contribution in [0.15, 0.2) is 11.4 Å². The Hall–Kier alpha value is -0.380. The molecule has 0 aliphatic rings. The molecule has 2 nitrogen and oxygen atoms in total. The first-order chi connectivity index (χ1) is 9.34. The molecule has 3 heteroatoms. The monoisotopic (exact) mass is 283 g/mol. The fourth-order valence-corrected chi connectivity index (χ4v) is 2.89. The summed E-state index contributed by atoms with van der Waals surface area (Å²) in [4.78, 5) is 1.44. The SMILES string of the molecule is CCCCCCCCOCCNCc1sccc1C. The lowest BCUT2D eigenvalue weighted by molar-refractivity contribution is 0.131. The average Bonchev–Trinajstić information content (AvgIpc) is 2.82.